The molecule has 27 heavy (non-hydrogen) atoms. The summed E-state index contributed by atoms with van der Waals surface area (Å²) in [6.45, 7) is 0. The van der Waals surface area contributed by atoms with Gasteiger partial charge in [-0.05, 0) is 42.5 Å². The van der Waals surface area contributed by atoms with Crippen molar-refractivity contribution in [3.63, 3.8) is 0 Å². The fourth-order valence-electron chi connectivity index (χ4n) is 2.60. The monoisotopic (exact) mass is 382 g/mol. The van der Waals surface area contributed by atoms with Gasteiger partial charge in [0.1, 0.15) is 5.75 Å². The van der Waals surface area contributed by atoms with Gasteiger partial charge in [-0.3, -0.25) is 4.79 Å². The number of nitrogens with one attached hydrogen (secondary N) is 1. The number of anilines is 2. The summed E-state index contributed by atoms with van der Waals surface area (Å²) in [4.78, 5) is 29.3. The molecule has 0 spiro atoms. The average Bonchev–Trinajstić information content (AvgIpc) is 3.10. The van der Waals surface area contributed by atoms with Gasteiger partial charge in [0.05, 0.1) is 30.7 Å². The summed E-state index contributed by atoms with van der Waals surface area (Å²) in [6, 6.07) is 12.0. The first-order valence-electron chi connectivity index (χ1n) is 7.92. The zero-order chi connectivity index (χ0) is 19.0. The first kappa shape index (κ1) is 17.0. The van der Waals surface area contributed by atoms with E-state index < -0.39 is 5.97 Å². The highest BCUT2D eigenvalue weighted by atomic mass is 32.1. The number of benzene rings is 2. The van der Waals surface area contributed by atoms with Crippen molar-refractivity contribution in [2.24, 2.45) is 0 Å². The number of carbonyl (C=O) groups excluding carboxylic acids is 1. The van der Waals surface area contributed by atoms with E-state index >= 15 is 0 Å². The van der Waals surface area contributed by atoms with Crippen LogP contribution in [0, 0.1) is 0 Å². The van der Waals surface area contributed by atoms with Crippen molar-refractivity contribution in [3.05, 3.63) is 58.4 Å². The smallest absolute Gasteiger partial charge is 0.337 e. The molecule has 1 N–H and O–H groups in total. The summed E-state index contributed by atoms with van der Waals surface area (Å²) in [5, 5.41) is 8.34. The maximum absolute atomic E-state index is 12.7. The van der Waals surface area contributed by atoms with Gasteiger partial charge in [0, 0.05) is 5.69 Å². The van der Waals surface area contributed by atoms with E-state index in [1.165, 1.54) is 29.0 Å². The van der Waals surface area contributed by atoms with Crippen molar-refractivity contribution < 1.29 is 14.3 Å². The van der Waals surface area contributed by atoms with Crippen molar-refractivity contribution in [2.75, 3.05) is 19.5 Å². The molecule has 0 atom stereocenters. The summed E-state index contributed by atoms with van der Waals surface area (Å²) in [6.07, 6.45) is 0. The van der Waals surface area contributed by atoms with Gasteiger partial charge < -0.3 is 14.8 Å². The second-order valence-electron chi connectivity index (χ2n) is 5.60. The standard InChI is InChI=1S/C18H14N4O4S/c1-25-12-6-4-11(5-7-12)19-17-21-22-15(23)13-8-3-10(16(24)26-2)9-14(13)20-18(22)27-17/h3-9H,1-2H3,(H,19,21). The van der Waals surface area contributed by atoms with E-state index in [2.05, 4.69) is 15.4 Å². The van der Waals surface area contributed by atoms with E-state index in [1.54, 1.807) is 19.2 Å². The summed E-state index contributed by atoms with van der Waals surface area (Å²) >= 11 is 1.23. The van der Waals surface area contributed by atoms with Crippen LogP contribution in [0.4, 0.5) is 10.8 Å². The number of carbonyl (C=O) groups is 1. The van der Waals surface area contributed by atoms with Crippen LogP contribution in [0.3, 0.4) is 0 Å². The highest BCUT2D eigenvalue weighted by Crippen LogP contribution is 2.24. The summed E-state index contributed by atoms with van der Waals surface area (Å²) in [5.74, 6) is 0.264. The van der Waals surface area contributed by atoms with E-state index in [9.17, 15) is 9.59 Å². The van der Waals surface area contributed by atoms with Gasteiger partial charge in [-0.15, -0.1) is 5.10 Å². The number of hydrogen-bond acceptors (Lipinski definition) is 8. The van der Waals surface area contributed by atoms with Gasteiger partial charge in [-0.2, -0.15) is 4.52 Å². The zero-order valence-corrected chi connectivity index (χ0v) is 15.2. The van der Waals surface area contributed by atoms with E-state index in [0.29, 0.717) is 26.6 Å². The van der Waals surface area contributed by atoms with Crippen molar-refractivity contribution >= 4 is 44.0 Å². The van der Waals surface area contributed by atoms with Crippen molar-refractivity contribution in [2.45, 2.75) is 0 Å². The first-order chi connectivity index (χ1) is 13.1. The van der Waals surface area contributed by atoms with Gasteiger partial charge in [-0.1, -0.05) is 11.3 Å². The Labute approximate surface area is 157 Å². The highest BCUT2D eigenvalue weighted by Gasteiger charge is 2.13. The first-order valence-corrected chi connectivity index (χ1v) is 8.74. The van der Waals surface area contributed by atoms with Crippen LogP contribution in [0.1, 0.15) is 10.4 Å². The maximum atomic E-state index is 12.7. The molecule has 0 saturated heterocycles. The molecule has 0 aliphatic heterocycles. The number of esters is 1. The Balaban J connectivity index is 1.76. The Kier molecular flexibility index (Phi) is 4.21. The average molecular weight is 382 g/mol. The van der Waals surface area contributed by atoms with Gasteiger partial charge >= 0.3 is 5.97 Å². The Bertz CT molecular complexity index is 1210. The lowest BCUT2D eigenvalue weighted by molar-refractivity contribution is 0.0601. The molecule has 2 aromatic heterocycles. The van der Waals surface area contributed by atoms with Crippen LogP contribution < -0.4 is 15.6 Å². The summed E-state index contributed by atoms with van der Waals surface area (Å²) in [7, 11) is 2.91. The number of ether oxygens (including phenoxy) is 2. The van der Waals surface area contributed by atoms with E-state index in [1.807, 2.05) is 24.3 Å². The van der Waals surface area contributed by atoms with Gasteiger partial charge in [0.25, 0.3) is 5.56 Å². The van der Waals surface area contributed by atoms with Gasteiger partial charge in [-0.25, -0.2) is 9.78 Å². The largest absolute Gasteiger partial charge is 0.497 e. The Hall–Kier alpha value is -3.46. The maximum Gasteiger partial charge on any atom is 0.337 e. The lowest BCUT2D eigenvalue weighted by atomic mass is 10.1. The predicted molar refractivity (Wildman–Crippen MR) is 102 cm³/mol. The number of methoxy groups -OCH3 is 2. The molecule has 0 aliphatic rings. The molecule has 4 rings (SSSR count). The van der Waals surface area contributed by atoms with Crippen LogP contribution in [0.25, 0.3) is 15.9 Å². The summed E-state index contributed by atoms with van der Waals surface area (Å²) in [5.41, 5.74) is 1.26. The number of fused-ring (bicyclic) bond motifs is 2. The van der Waals surface area contributed by atoms with Gasteiger partial charge in [0.15, 0.2) is 0 Å². The number of rotatable bonds is 4. The molecule has 0 saturated carbocycles. The van der Waals surface area contributed by atoms with Crippen LogP contribution in [0.2, 0.25) is 0 Å². The SMILES string of the molecule is COC(=O)c1ccc2c(=O)n3nc(Nc4ccc(OC)cc4)sc3nc2c1. The van der Waals surface area contributed by atoms with Crippen LogP contribution >= 0.6 is 11.3 Å². The fourth-order valence-corrected chi connectivity index (χ4v) is 3.42. The fraction of sp³-hybridized carbons (Fsp3) is 0.111. The van der Waals surface area contributed by atoms with Crippen LogP contribution in [0.5, 0.6) is 5.75 Å². The molecule has 0 fully saturated rings. The molecule has 0 radical (unpaired) electrons. The molecule has 136 valence electrons. The molecule has 9 heteroatoms. The molecular weight excluding hydrogens is 368 g/mol. The molecule has 2 aromatic carbocycles. The highest BCUT2D eigenvalue weighted by molar-refractivity contribution is 7.20. The third-order valence-electron chi connectivity index (χ3n) is 3.96. The minimum absolute atomic E-state index is 0.301. The Morgan fingerprint density at radius 2 is 1.93 bits per heavy atom. The molecule has 2 heterocycles. The minimum Gasteiger partial charge on any atom is -0.497 e. The van der Waals surface area contributed by atoms with Crippen LogP contribution in [-0.4, -0.2) is 34.8 Å². The van der Waals surface area contributed by atoms with Crippen molar-refractivity contribution in [1.82, 2.24) is 14.6 Å². The second kappa shape index (κ2) is 6.69. The summed E-state index contributed by atoms with van der Waals surface area (Å²) < 4.78 is 11.1. The zero-order valence-electron chi connectivity index (χ0n) is 14.4. The molecular formula is C18H14N4O4S. The molecule has 0 aliphatic carbocycles. The number of aromatic nitrogens is 3. The normalized spacial score (nSPS) is 10.9. The second-order valence-corrected chi connectivity index (χ2v) is 6.55. The van der Waals surface area contributed by atoms with Crippen LogP contribution in [0.15, 0.2) is 47.3 Å². The van der Waals surface area contributed by atoms with E-state index in [-0.39, 0.29) is 5.56 Å². The molecule has 0 bridgehead atoms. The predicted octanol–water partition coefficient (Wildman–Crippen LogP) is 2.84. The number of nitrogens with zero attached hydrogens (tertiary/aromatic N) is 3. The molecule has 4 aromatic rings. The minimum atomic E-state index is -0.481. The lowest BCUT2D eigenvalue weighted by Gasteiger charge is -2.03. The topological polar surface area (TPSA) is 94.8 Å². The molecule has 0 amide bonds. The van der Waals surface area contributed by atoms with Crippen molar-refractivity contribution in [1.29, 1.82) is 0 Å². The third kappa shape index (κ3) is 3.08. The Morgan fingerprint density at radius 3 is 2.63 bits per heavy atom. The van der Waals surface area contributed by atoms with Gasteiger partial charge in [0.2, 0.25) is 10.1 Å². The third-order valence-corrected chi connectivity index (χ3v) is 4.78. The lowest BCUT2D eigenvalue weighted by Crippen LogP contribution is -2.15. The molecule has 8 nitrogen and oxygen atoms in total. The quantitative estimate of drug-likeness (QED) is 0.542. The van der Waals surface area contributed by atoms with E-state index in [4.69, 9.17) is 9.47 Å². The molecule has 0 unspecified atom stereocenters. The van der Waals surface area contributed by atoms with Crippen molar-refractivity contribution in [3.8, 4) is 5.75 Å². The van der Waals surface area contributed by atoms with Crippen LogP contribution in [-0.2, 0) is 4.74 Å². The number of hydrogen-bond donors (Lipinski definition) is 1. The van der Waals surface area contributed by atoms with E-state index in [0.717, 1.165) is 11.4 Å². The Morgan fingerprint density at radius 1 is 1.15 bits per heavy atom.